The summed E-state index contributed by atoms with van der Waals surface area (Å²) in [6.45, 7) is 5.80. The quantitative estimate of drug-likeness (QED) is 0.552. The van der Waals surface area contributed by atoms with Crippen LogP contribution in [0.4, 0.5) is 0 Å². The van der Waals surface area contributed by atoms with Crippen molar-refractivity contribution in [2.24, 2.45) is 5.92 Å². The zero-order valence-electron chi connectivity index (χ0n) is 12.6. The van der Waals surface area contributed by atoms with E-state index in [1.165, 1.54) is 0 Å². The summed E-state index contributed by atoms with van der Waals surface area (Å²) in [5, 5.41) is 20.9. The Balaban J connectivity index is 2.65. The van der Waals surface area contributed by atoms with E-state index in [9.17, 15) is 14.7 Å². The molecule has 3 unspecified atom stereocenters. The first-order chi connectivity index (χ1) is 10.0. The number of aliphatic hydroxyl groups excluding tert-OH is 2. The predicted molar refractivity (Wildman–Crippen MR) is 79.4 cm³/mol. The molecule has 0 spiro atoms. The van der Waals surface area contributed by atoms with Crippen LogP contribution in [-0.2, 0) is 9.59 Å². The fraction of sp³-hybridized carbons (Fsp3) is 0.733. The molecule has 3 atom stereocenters. The van der Waals surface area contributed by atoms with Gasteiger partial charge in [0.05, 0.1) is 25.2 Å². The van der Waals surface area contributed by atoms with Gasteiger partial charge in [-0.25, -0.2) is 0 Å². The number of rotatable bonds is 8. The van der Waals surface area contributed by atoms with E-state index in [1.807, 2.05) is 0 Å². The first kappa shape index (κ1) is 17.7. The molecular weight excluding hydrogens is 272 g/mol. The number of hydrogen-bond donors (Lipinski definition) is 3. The van der Waals surface area contributed by atoms with Crippen LogP contribution in [0.1, 0.15) is 32.6 Å². The van der Waals surface area contributed by atoms with Crippen molar-refractivity contribution in [1.29, 1.82) is 0 Å². The molecule has 0 aromatic heterocycles. The molecule has 1 aliphatic heterocycles. The summed E-state index contributed by atoms with van der Waals surface area (Å²) in [6, 6.07) is -0.460. The molecule has 1 rings (SSSR count). The molecule has 6 nitrogen and oxygen atoms in total. The van der Waals surface area contributed by atoms with Gasteiger partial charge < -0.3 is 20.4 Å². The molecule has 1 aliphatic rings. The monoisotopic (exact) mass is 298 g/mol. The summed E-state index contributed by atoms with van der Waals surface area (Å²) in [5.74, 6) is -0.810. The highest BCUT2D eigenvalue weighted by Gasteiger charge is 2.33. The Hall–Kier alpha value is -1.40. The minimum Gasteiger partial charge on any atom is -0.394 e. The van der Waals surface area contributed by atoms with Gasteiger partial charge in [-0.05, 0) is 26.2 Å². The smallest absolute Gasteiger partial charge is 0.226 e. The third-order valence-electron chi connectivity index (χ3n) is 3.78. The highest BCUT2D eigenvalue weighted by Crippen LogP contribution is 2.22. The van der Waals surface area contributed by atoms with Crippen LogP contribution in [0.25, 0.3) is 0 Å². The summed E-state index contributed by atoms with van der Waals surface area (Å²) < 4.78 is 0. The van der Waals surface area contributed by atoms with Crippen molar-refractivity contribution in [3.05, 3.63) is 12.7 Å². The molecule has 3 N–H and O–H groups in total. The van der Waals surface area contributed by atoms with Gasteiger partial charge in [0.25, 0.3) is 0 Å². The lowest BCUT2D eigenvalue weighted by Gasteiger charge is -2.27. The Morgan fingerprint density at radius 1 is 1.48 bits per heavy atom. The highest BCUT2D eigenvalue weighted by molar-refractivity contribution is 5.86. The predicted octanol–water partition coefficient (Wildman–Crippen LogP) is 0.0491. The highest BCUT2D eigenvalue weighted by atomic mass is 16.3. The maximum Gasteiger partial charge on any atom is 0.226 e. The van der Waals surface area contributed by atoms with E-state index in [2.05, 4.69) is 11.9 Å². The second-order valence-electron chi connectivity index (χ2n) is 5.59. The number of allylic oxidation sites excluding steroid dienone is 1. The van der Waals surface area contributed by atoms with E-state index < -0.39 is 5.92 Å². The number of hydrogen-bond acceptors (Lipinski definition) is 4. The van der Waals surface area contributed by atoms with Crippen LogP contribution < -0.4 is 5.32 Å². The van der Waals surface area contributed by atoms with E-state index in [0.717, 1.165) is 12.8 Å². The van der Waals surface area contributed by atoms with Crippen molar-refractivity contribution in [1.82, 2.24) is 10.2 Å². The number of nitrogens with zero attached hydrogens (tertiary/aromatic N) is 1. The van der Waals surface area contributed by atoms with Crippen molar-refractivity contribution in [2.75, 3.05) is 19.8 Å². The average molecular weight is 298 g/mol. The number of carbonyl (C=O) groups is 2. The molecule has 1 fully saturated rings. The van der Waals surface area contributed by atoms with Crippen molar-refractivity contribution in [2.45, 2.75) is 44.7 Å². The molecule has 0 saturated carbocycles. The standard InChI is InChI=1S/C15H26N2O4/c1-3-5-12(8-14(20)16-11(2)9-18)15(21)17-7-4-6-13(17)10-19/h3,11-13,18-19H,1,4-10H2,2H3,(H,16,20). The molecule has 120 valence electrons. The number of likely N-dealkylation sites (tertiary alicyclic amines) is 1. The van der Waals surface area contributed by atoms with E-state index >= 15 is 0 Å². The third kappa shape index (κ3) is 5.13. The van der Waals surface area contributed by atoms with Crippen molar-refractivity contribution in [3.63, 3.8) is 0 Å². The molecule has 0 radical (unpaired) electrons. The Morgan fingerprint density at radius 2 is 2.19 bits per heavy atom. The maximum absolute atomic E-state index is 12.5. The van der Waals surface area contributed by atoms with Crippen LogP contribution in [0.15, 0.2) is 12.7 Å². The topological polar surface area (TPSA) is 89.9 Å². The number of nitrogens with one attached hydrogen (secondary N) is 1. The van der Waals surface area contributed by atoms with Gasteiger partial charge in [-0.1, -0.05) is 6.08 Å². The number of aliphatic hydroxyl groups is 2. The van der Waals surface area contributed by atoms with Crippen LogP contribution in [-0.4, -0.2) is 58.8 Å². The molecule has 21 heavy (non-hydrogen) atoms. The lowest BCUT2D eigenvalue weighted by molar-refractivity contribution is -0.139. The lowest BCUT2D eigenvalue weighted by Crippen LogP contribution is -2.43. The summed E-state index contributed by atoms with van der Waals surface area (Å²) in [5.41, 5.74) is 0. The van der Waals surface area contributed by atoms with Gasteiger partial charge in [-0.2, -0.15) is 0 Å². The fourth-order valence-electron chi connectivity index (χ4n) is 2.63. The average Bonchev–Trinajstić information content (AvgIpc) is 2.94. The molecule has 1 saturated heterocycles. The summed E-state index contributed by atoms with van der Waals surface area (Å²) >= 11 is 0. The molecule has 0 aromatic carbocycles. The molecule has 2 amide bonds. The van der Waals surface area contributed by atoms with Gasteiger partial charge in [0.2, 0.25) is 11.8 Å². The van der Waals surface area contributed by atoms with Crippen molar-refractivity contribution >= 4 is 11.8 Å². The van der Waals surface area contributed by atoms with Crippen LogP contribution in [0.2, 0.25) is 0 Å². The Bertz CT molecular complexity index is 373. The van der Waals surface area contributed by atoms with Crippen molar-refractivity contribution < 1.29 is 19.8 Å². The van der Waals surface area contributed by atoms with Crippen LogP contribution in [0.3, 0.4) is 0 Å². The van der Waals surface area contributed by atoms with Crippen molar-refractivity contribution in [3.8, 4) is 0 Å². The first-order valence-electron chi connectivity index (χ1n) is 7.45. The fourth-order valence-corrected chi connectivity index (χ4v) is 2.63. The van der Waals surface area contributed by atoms with Crippen LogP contribution in [0.5, 0.6) is 0 Å². The largest absolute Gasteiger partial charge is 0.394 e. The minimum atomic E-state index is -0.458. The second-order valence-corrected chi connectivity index (χ2v) is 5.59. The van der Waals surface area contributed by atoms with E-state index in [1.54, 1.807) is 17.9 Å². The molecular formula is C15H26N2O4. The van der Waals surface area contributed by atoms with E-state index in [4.69, 9.17) is 5.11 Å². The number of carbonyl (C=O) groups excluding carboxylic acids is 2. The first-order valence-corrected chi connectivity index (χ1v) is 7.45. The zero-order valence-corrected chi connectivity index (χ0v) is 12.6. The SMILES string of the molecule is C=CCC(CC(=O)NC(C)CO)C(=O)N1CCCC1CO. The molecule has 0 aromatic rings. The van der Waals surface area contributed by atoms with Gasteiger partial charge >= 0.3 is 0 Å². The Kier molecular flexibility index (Phi) is 7.39. The van der Waals surface area contributed by atoms with Gasteiger partial charge in [0, 0.05) is 19.0 Å². The van der Waals surface area contributed by atoms with Gasteiger partial charge in [-0.3, -0.25) is 9.59 Å². The zero-order chi connectivity index (χ0) is 15.8. The van der Waals surface area contributed by atoms with Gasteiger partial charge in [-0.15, -0.1) is 6.58 Å². The Labute approximate surface area is 125 Å². The Morgan fingerprint density at radius 3 is 2.76 bits per heavy atom. The van der Waals surface area contributed by atoms with Crippen LogP contribution >= 0.6 is 0 Å². The summed E-state index contributed by atoms with van der Waals surface area (Å²) in [4.78, 5) is 26.1. The second kappa shape index (κ2) is 8.79. The molecule has 0 bridgehead atoms. The normalized spacial score (nSPS) is 20.9. The number of amides is 2. The van der Waals surface area contributed by atoms with E-state index in [0.29, 0.717) is 13.0 Å². The molecule has 1 heterocycles. The third-order valence-corrected chi connectivity index (χ3v) is 3.78. The molecule has 0 aliphatic carbocycles. The van der Waals surface area contributed by atoms with Gasteiger partial charge in [0.15, 0.2) is 0 Å². The maximum atomic E-state index is 12.5. The van der Waals surface area contributed by atoms with Gasteiger partial charge in [0.1, 0.15) is 0 Å². The lowest BCUT2D eigenvalue weighted by atomic mass is 9.98. The minimum absolute atomic E-state index is 0.0414. The van der Waals surface area contributed by atoms with Crippen LogP contribution in [0, 0.1) is 5.92 Å². The molecule has 6 heteroatoms. The summed E-state index contributed by atoms with van der Waals surface area (Å²) in [6.07, 6.45) is 3.82. The van der Waals surface area contributed by atoms with E-state index in [-0.39, 0.29) is 43.5 Å². The summed E-state index contributed by atoms with van der Waals surface area (Å²) in [7, 11) is 0.